The molecule has 21 heavy (non-hydrogen) atoms. The number of urea groups is 1. The number of benzene rings is 2. The maximum Gasteiger partial charge on any atom is 0.324 e. The SMILES string of the molecule is NC(=O)N(c1ccc([N+](=O)[O-])cc1O)c1ccccc1I. The van der Waals surface area contributed by atoms with Gasteiger partial charge in [-0.25, -0.2) is 4.79 Å². The minimum Gasteiger partial charge on any atom is -0.505 e. The van der Waals surface area contributed by atoms with Crippen molar-refractivity contribution >= 4 is 45.7 Å². The van der Waals surface area contributed by atoms with E-state index >= 15 is 0 Å². The van der Waals surface area contributed by atoms with E-state index < -0.39 is 16.7 Å². The van der Waals surface area contributed by atoms with Gasteiger partial charge in [-0.1, -0.05) is 12.1 Å². The third-order valence-electron chi connectivity index (χ3n) is 2.72. The summed E-state index contributed by atoms with van der Waals surface area (Å²) in [6.45, 7) is 0. The van der Waals surface area contributed by atoms with Crippen molar-refractivity contribution in [3.8, 4) is 5.75 Å². The van der Waals surface area contributed by atoms with Crippen LogP contribution in [0.4, 0.5) is 21.9 Å². The van der Waals surface area contributed by atoms with Gasteiger partial charge in [-0.15, -0.1) is 0 Å². The molecule has 8 heteroatoms. The van der Waals surface area contributed by atoms with Crippen LogP contribution in [-0.4, -0.2) is 16.1 Å². The third-order valence-corrected chi connectivity index (χ3v) is 3.64. The van der Waals surface area contributed by atoms with Gasteiger partial charge in [0, 0.05) is 9.64 Å². The van der Waals surface area contributed by atoms with Crippen LogP contribution >= 0.6 is 22.6 Å². The van der Waals surface area contributed by atoms with Crippen LogP contribution in [0.15, 0.2) is 42.5 Å². The van der Waals surface area contributed by atoms with Gasteiger partial charge >= 0.3 is 6.03 Å². The van der Waals surface area contributed by atoms with Gasteiger partial charge in [0.2, 0.25) is 0 Å². The summed E-state index contributed by atoms with van der Waals surface area (Å²) < 4.78 is 0.742. The summed E-state index contributed by atoms with van der Waals surface area (Å²) in [6, 6.07) is 9.59. The molecule has 0 aromatic heterocycles. The largest absolute Gasteiger partial charge is 0.505 e. The lowest BCUT2D eigenvalue weighted by molar-refractivity contribution is -0.384. The van der Waals surface area contributed by atoms with Crippen LogP contribution in [0.3, 0.4) is 0 Å². The van der Waals surface area contributed by atoms with E-state index in [2.05, 4.69) is 0 Å². The van der Waals surface area contributed by atoms with Gasteiger partial charge in [0.1, 0.15) is 5.75 Å². The molecule has 2 aromatic carbocycles. The van der Waals surface area contributed by atoms with Crippen LogP contribution in [0.2, 0.25) is 0 Å². The van der Waals surface area contributed by atoms with E-state index in [4.69, 9.17) is 5.73 Å². The average molecular weight is 399 g/mol. The predicted molar refractivity (Wildman–Crippen MR) is 85.6 cm³/mol. The lowest BCUT2D eigenvalue weighted by Gasteiger charge is -2.22. The molecule has 0 fully saturated rings. The predicted octanol–water partition coefficient (Wildman–Crippen LogP) is 3.12. The topological polar surface area (TPSA) is 110 Å². The molecule has 0 heterocycles. The van der Waals surface area contributed by atoms with Crippen LogP contribution in [0.5, 0.6) is 5.75 Å². The summed E-state index contributed by atoms with van der Waals surface area (Å²) >= 11 is 2.03. The Morgan fingerprint density at radius 1 is 1.24 bits per heavy atom. The van der Waals surface area contributed by atoms with Crippen LogP contribution in [0, 0.1) is 13.7 Å². The maximum absolute atomic E-state index is 11.7. The maximum atomic E-state index is 11.7. The molecule has 0 unspecified atom stereocenters. The lowest BCUT2D eigenvalue weighted by Crippen LogP contribution is -2.32. The summed E-state index contributed by atoms with van der Waals surface area (Å²) in [7, 11) is 0. The average Bonchev–Trinajstić information content (AvgIpc) is 2.42. The van der Waals surface area contributed by atoms with Crippen molar-refractivity contribution in [2.24, 2.45) is 5.73 Å². The fourth-order valence-corrected chi connectivity index (χ4v) is 2.44. The summed E-state index contributed by atoms with van der Waals surface area (Å²) in [5.41, 5.74) is 5.66. The van der Waals surface area contributed by atoms with Gasteiger partial charge in [-0.05, 0) is 40.8 Å². The van der Waals surface area contributed by atoms with Crippen molar-refractivity contribution < 1.29 is 14.8 Å². The van der Waals surface area contributed by atoms with E-state index in [0.717, 1.165) is 14.5 Å². The Labute approximate surface area is 133 Å². The van der Waals surface area contributed by atoms with Gasteiger partial charge < -0.3 is 10.8 Å². The smallest absolute Gasteiger partial charge is 0.324 e. The molecule has 2 aromatic rings. The number of nitro groups is 1. The van der Waals surface area contributed by atoms with Crippen LogP contribution < -0.4 is 10.6 Å². The van der Waals surface area contributed by atoms with Crippen molar-refractivity contribution in [1.29, 1.82) is 0 Å². The molecule has 0 aliphatic heterocycles. The zero-order chi connectivity index (χ0) is 15.6. The van der Waals surface area contributed by atoms with Gasteiger partial charge in [-0.2, -0.15) is 0 Å². The molecule has 0 saturated carbocycles. The van der Waals surface area contributed by atoms with Crippen molar-refractivity contribution in [2.45, 2.75) is 0 Å². The fraction of sp³-hybridized carbons (Fsp3) is 0. The number of para-hydroxylation sites is 1. The molecular weight excluding hydrogens is 389 g/mol. The second-order valence-electron chi connectivity index (χ2n) is 4.06. The monoisotopic (exact) mass is 399 g/mol. The molecule has 0 aliphatic carbocycles. The standard InChI is InChI=1S/C13H10IN3O4/c14-9-3-1-2-4-10(9)16(13(15)19)11-6-5-8(17(20)21)7-12(11)18/h1-7,18H,(H2,15,19). The lowest BCUT2D eigenvalue weighted by atomic mass is 10.2. The van der Waals surface area contributed by atoms with Gasteiger partial charge in [-0.3, -0.25) is 15.0 Å². The normalized spacial score (nSPS) is 10.1. The van der Waals surface area contributed by atoms with Crippen LogP contribution in [0.1, 0.15) is 0 Å². The van der Waals surface area contributed by atoms with Gasteiger partial charge in [0.05, 0.1) is 22.4 Å². The summed E-state index contributed by atoms with van der Waals surface area (Å²) in [4.78, 5) is 22.9. The number of amides is 2. The van der Waals surface area contributed by atoms with E-state index in [9.17, 15) is 20.0 Å². The Balaban J connectivity index is 2.57. The quantitative estimate of drug-likeness (QED) is 0.470. The summed E-state index contributed by atoms with van der Waals surface area (Å²) in [6.07, 6.45) is 0. The number of halogens is 1. The number of carbonyl (C=O) groups excluding carboxylic acids is 1. The Kier molecular flexibility index (Phi) is 4.26. The first kappa shape index (κ1) is 15.0. The number of hydrogen-bond acceptors (Lipinski definition) is 4. The Morgan fingerprint density at radius 3 is 2.43 bits per heavy atom. The Bertz CT molecular complexity index is 720. The highest BCUT2D eigenvalue weighted by Crippen LogP contribution is 2.37. The van der Waals surface area contributed by atoms with E-state index in [1.54, 1.807) is 24.3 Å². The van der Waals surface area contributed by atoms with Crippen LogP contribution in [-0.2, 0) is 0 Å². The summed E-state index contributed by atoms with van der Waals surface area (Å²) in [5, 5.41) is 20.6. The first-order valence-electron chi connectivity index (χ1n) is 5.73. The van der Waals surface area contributed by atoms with E-state index in [-0.39, 0.29) is 11.4 Å². The number of phenols is 1. The number of anilines is 2. The minimum atomic E-state index is -0.803. The summed E-state index contributed by atoms with van der Waals surface area (Å²) in [5.74, 6) is -0.400. The molecule has 3 N–H and O–H groups in total. The zero-order valence-corrected chi connectivity index (χ0v) is 12.7. The number of primary amides is 1. The number of phenolic OH excluding ortho intramolecular Hbond substituents is 1. The highest BCUT2D eigenvalue weighted by atomic mass is 127. The number of rotatable bonds is 3. The molecule has 0 saturated heterocycles. The Morgan fingerprint density at radius 2 is 1.90 bits per heavy atom. The number of aromatic hydroxyl groups is 1. The molecule has 0 radical (unpaired) electrons. The first-order chi connectivity index (χ1) is 9.91. The zero-order valence-electron chi connectivity index (χ0n) is 10.6. The number of nitro benzene ring substituents is 1. The molecule has 2 rings (SSSR count). The van der Waals surface area contributed by atoms with E-state index in [0.29, 0.717) is 5.69 Å². The molecule has 7 nitrogen and oxygen atoms in total. The molecule has 0 spiro atoms. The number of nitrogens with zero attached hydrogens (tertiary/aromatic N) is 2. The van der Waals surface area contributed by atoms with E-state index in [1.807, 2.05) is 22.6 Å². The Hall–Kier alpha value is -2.36. The minimum absolute atomic E-state index is 0.0808. The molecule has 2 amide bonds. The van der Waals surface area contributed by atoms with Crippen molar-refractivity contribution in [3.63, 3.8) is 0 Å². The van der Waals surface area contributed by atoms with Gasteiger partial charge in [0.25, 0.3) is 5.69 Å². The molecule has 0 bridgehead atoms. The second kappa shape index (κ2) is 5.95. The van der Waals surface area contributed by atoms with Crippen molar-refractivity contribution in [2.75, 3.05) is 4.90 Å². The molecular formula is C13H10IN3O4. The van der Waals surface area contributed by atoms with Crippen molar-refractivity contribution in [1.82, 2.24) is 0 Å². The number of non-ortho nitro benzene ring substituents is 1. The highest BCUT2D eigenvalue weighted by molar-refractivity contribution is 14.1. The van der Waals surface area contributed by atoms with E-state index in [1.165, 1.54) is 12.1 Å². The second-order valence-corrected chi connectivity index (χ2v) is 5.22. The van der Waals surface area contributed by atoms with Crippen LogP contribution in [0.25, 0.3) is 0 Å². The molecule has 0 aliphatic rings. The third kappa shape index (κ3) is 3.05. The fourth-order valence-electron chi connectivity index (χ4n) is 1.81. The van der Waals surface area contributed by atoms with Crippen molar-refractivity contribution in [3.05, 3.63) is 56.1 Å². The number of hydrogen-bond donors (Lipinski definition) is 2. The number of carbonyl (C=O) groups is 1. The van der Waals surface area contributed by atoms with Gasteiger partial charge in [0.15, 0.2) is 0 Å². The molecule has 0 atom stereocenters. The molecule has 108 valence electrons. The highest BCUT2D eigenvalue weighted by Gasteiger charge is 2.22. The first-order valence-corrected chi connectivity index (χ1v) is 6.81. The number of nitrogens with two attached hydrogens (primary N) is 1.